The molecule has 0 amide bonds. The average molecular weight is 126 g/mol. The van der Waals surface area contributed by atoms with Crippen LogP contribution in [-0.2, 0) is 0 Å². The van der Waals surface area contributed by atoms with E-state index in [1.54, 1.807) is 6.21 Å². The Labute approximate surface area is 56.7 Å². The van der Waals surface area contributed by atoms with Crippen LogP contribution >= 0.6 is 0 Å². The fraction of sp³-hybridized carbons (Fsp3) is 0.714. The first-order valence-electron chi connectivity index (χ1n) is 3.26. The lowest BCUT2D eigenvalue weighted by atomic mass is 10.2. The van der Waals surface area contributed by atoms with Gasteiger partial charge in [-0.1, -0.05) is 13.8 Å². The highest BCUT2D eigenvalue weighted by Crippen LogP contribution is 1.94. The van der Waals surface area contributed by atoms with Crippen molar-refractivity contribution in [2.24, 2.45) is 16.1 Å². The molecule has 0 fully saturated rings. The van der Waals surface area contributed by atoms with Gasteiger partial charge in [0.1, 0.15) is 0 Å². The summed E-state index contributed by atoms with van der Waals surface area (Å²) in [7, 11) is 0. The van der Waals surface area contributed by atoms with E-state index in [9.17, 15) is 0 Å². The largest absolute Gasteiger partial charge is 0.164 e. The summed E-state index contributed by atoms with van der Waals surface area (Å²) < 4.78 is 0. The summed E-state index contributed by atoms with van der Waals surface area (Å²) in [4.78, 5) is 0. The molecule has 0 spiro atoms. The van der Waals surface area contributed by atoms with Crippen LogP contribution in [0.15, 0.2) is 10.2 Å². The monoisotopic (exact) mass is 126 g/mol. The first kappa shape index (κ1) is 8.34. The summed E-state index contributed by atoms with van der Waals surface area (Å²) in [6.07, 6.45) is 4.53. The summed E-state index contributed by atoms with van der Waals surface area (Å²) in [5.41, 5.74) is 0. The second-order valence-electron chi connectivity index (χ2n) is 2.30. The maximum atomic E-state index is 3.77. The minimum atomic E-state index is 0.681. The number of nitrogens with zero attached hydrogens (tertiary/aromatic N) is 2. The summed E-state index contributed by atoms with van der Waals surface area (Å²) in [6.45, 7) is 6.16. The van der Waals surface area contributed by atoms with E-state index in [-0.39, 0.29) is 0 Å². The Balaban J connectivity index is 3.25. The van der Waals surface area contributed by atoms with Crippen LogP contribution in [0.25, 0.3) is 0 Å². The third-order valence-electron chi connectivity index (χ3n) is 0.841. The van der Waals surface area contributed by atoms with Crippen molar-refractivity contribution in [3.63, 3.8) is 0 Å². The number of hydrogen-bond acceptors (Lipinski definition) is 2. The van der Waals surface area contributed by atoms with Crippen molar-refractivity contribution in [1.82, 2.24) is 0 Å². The standard InChI is InChI=1S/C7H14N2/c1-4-8-9-6-5-7(2)3/h4,6-7H,5H2,1-3H3/b8-4-,9-6-. The van der Waals surface area contributed by atoms with Gasteiger partial charge in [-0.25, -0.2) is 0 Å². The Morgan fingerprint density at radius 3 is 2.44 bits per heavy atom. The molecular formula is C7H14N2. The quantitative estimate of drug-likeness (QED) is 0.408. The third-order valence-corrected chi connectivity index (χ3v) is 0.841. The lowest BCUT2D eigenvalue weighted by Gasteiger charge is -1.92. The summed E-state index contributed by atoms with van der Waals surface area (Å²) >= 11 is 0. The second-order valence-corrected chi connectivity index (χ2v) is 2.30. The molecule has 52 valence electrons. The van der Waals surface area contributed by atoms with Crippen molar-refractivity contribution in [2.75, 3.05) is 0 Å². The number of hydrogen-bond donors (Lipinski definition) is 0. The zero-order valence-corrected chi connectivity index (χ0v) is 6.33. The van der Waals surface area contributed by atoms with Gasteiger partial charge in [0.15, 0.2) is 0 Å². The van der Waals surface area contributed by atoms with Crippen LogP contribution in [0.5, 0.6) is 0 Å². The Morgan fingerprint density at radius 2 is 2.00 bits per heavy atom. The molecule has 0 aliphatic rings. The molecule has 0 N–H and O–H groups in total. The van der Waals surface area contributed by atoms with E-state index in [4.69, 9.17) is 0 Å². The van der Waals surface area contributed by atoms with E-state index in [2.05, 4.69) is 24.1 Å². The van der Waals surface area contributed by atoms with Crippen molar-refractivity contribution in [1.29, 1.82) is 0 Å². The fourth-order valence-electron chi connectivity index (χ4n) is 0.372. The highest BCUT2D eigenvalue weighted by molar-refractivity contribution is 5.59. The SMILES string of the molecule is C/C=N\N=C/CC(C)C. The summed E-state index contributed by atoms with van der Waals surface area (Å²) in [6, 6.07) is 0. The molecule has 0 bridgehead atoms. The molecule has 0 aromatic rings. The van der Waals surface area contributed by atoms with Gasteiger partial charge in [-0.2, -0.15) is 10.2 Å². The van der Waals surface area contributed by atoms with Gasteiger partial charge in [0.25, 0.3) is 0 Å². The molecule has 9 heavy (non-hydrogen) atoms. The van der Waals surface area contributed by atoms with Crippen molar-refractivity contribution in [3.05, 3.63) is 0 Å². The minimum Gasteiger partial charge on any atom is -0.164 e. The van der Waals surface area contributed by atoms with Gasteiger partial charge >= 0.3 is 0 Å². The zero-order valence-electron chi connectivity index (χ0n) is 6.33. The molecule has 0 saturated heterocycles. The Morgan fingerprint density at radius 1 is 1.33 bits per heavy atom. The first-order chi connectivity index (χ1) is 4.27. The van der Waals surface area contributed by atoms with E-state index in [0.29, 0.717) is 5.92 Å². The van der Waals surface area contributed by atoms with Crippen LogP contribution in [0.2, 0.25) is 0 Å². The summed E-state index contributed by atoms with van der Waals surface area (Å²) in [5, 5.41) is 7.46. The molecule has 2 heteroatoms. The maximum Gasteiger partial charge on any atom is 0.0272 e. The normalized spacial score (nSPS) is 12.4. The Hall–Kier alpha value is -0.660. The van der Waals surface area contributed by atoms with E-state index < -0.39 is 0 Å². The van der Waals surface area contributed by atoms with Gasteiger partial charge in [0.05, 0.1) is 0 Å². The molecule has 0 aliphatic heterocycles. The van der Waals surface area contributed by atoms with Gasteiger partial charge in [-0.3, -0.25) is 0 Å². The van der Waals surface area contributed by atoms with Crippen LogP contribution in [0.4, 0.5) is 0 Å². The van der Waals surface area contributed by atoms with Gasteiger partial charge in [-0.15, -0.1) is 0 Å². The first-order valence-corrected chi connectivity index (χ1v) is 3.26. The van der Waals surface area contributed by atoms with Crippen LogP contribution in [0.1, 0.15) is 27.2 Å². The lowest BCUT2D eigenvalue weighted by Crippen LogP contribution is -1.85. The average Bonchev–Trinajstić information content (AvgIpc) is 1.80. The second kappa shape index (κ2) is 5.48. The van der Waals surface area contributed by atoms with Gasteiger partial charge in [0, 0.05) is 12.4 Å². The maximum absolute atomic E-state index is 3.77. The highest BCUT2D eigenvalue weighted by atomic mass is 15.2. The van der Waals surface area contributed by atoms with E-state index in [1.807, 2.05) is 13.1 Å². The van der Waals surface area contributed by atoms with Crippen molar-refractivity contribution in [2.45, 2.75) is 27.2 Å². The van der Waals surface area contributed by atoms with Gasteiger partial charge in [0.2, 0.25) is 0 Å². The molecule has 2 nitrogen and oxygen atoms in total. The molecule has 0 atom stereocenters. The van der Waals surface area contributed by atoms with Crippen LogP contribution < -0.4 is 0 Å². The molecule has 0 aliphatic carbocycles. The van der Waals surface area contributed by atoms with Gasteiger partial charge < -0.3 is 0 Å². The zero-order chi connectivity index (χ0) is 7.11. The lowest BCUT2D eigenvalue weighted by molar-refractivity contribution is 0.689. The number of rotatable bonds is 3. The molecule has 0 aromatic heterocycles. The fourth-order valence-corrected chi connectivity index (χ4v) is 0.372. The molecule has 0 heterocycles. The molecule has 0 radical (unpaired) electrons. The van der Waals surface area contributed by atoms with Gasteiger partial charge in [-0.05, 0) is 19.3 Å². The van der Waals surface area contributed by atoms with Crippen LogP contribution in [0, 0.1) is 5.92 Å². The molecule has 0 aromatic carbocycles. The van der Waals surface area contributed by atoms with Crippen LogP contribution in [-0.4, -0.2) is 12.4 Å². The van der Waals surface area contributed by atoms with Crippen molar-refractivity contribution in [3.8, 4) is 0 Å². The molecular weight excluding hydrogens is 112 g/mol. The molecule has 0 unspecified atom stereocenters. The van der Waals surface area contributed by atoms with Crippen molar-refractivity contribution < 1.29 is 0 Å². The van der Waals surface area contributed by atoms with E-state index in [0.717, 1.165) is 6.42 Å². The third kappa shape index (κ3) is 7.34. The molecule has 0 saturated carbocycles. The molecule has 0 rings (SSSR count). The minimum absolute atomic E-state index is 0.681. The smallest absolute Gasteiger partial charge is 0.0272 e. The predicted octanol–water partition coefficient (Wildman–Crippen LogP) is 2.11. The van der Waals surface area contributed by atoms with E-state index >= 15 is 0 Å². The topological polar surface area (TPSA) is 24.7 Å². The highest BCUT2D eigenvalue weighted by Gasteiger charge is 1.85. The summed E-state index contributed by atoms with van der Waals surface area (Å²) in [5.74, 6) is 0.681. The predicted molar refractivity (Wildman–Crippen MR) is 42.1 cm³/mol. The van der Waals surface area contributed by atoms with E-state index in [1.165, 1.54) is 0 Å². The van der Waals surface area contributed by atoms with Crippen LogP contribution in [0.3, 0.4) is 0 Å². The Kier molecular flexibility index (Phi) is 5.07. The van der Waals surface area contributed by atoms with Crippen molar-refractivity contribution >= 4 is 12.4 Å². The Bertz CT molecular complexity index is 103.